The van der Waals surface area contributed by atoms with Gasteiger partial charge in [0.2, 0.25) is 5.91 Å². The summed E-state index contributed by atoms with van der Waals surface area (Å²) in [5, 5.41) is 2.87. The van der Waals surface area contributed by atoms with E-state index in [4.69, 9.17) is 4.42 Å². The van der Waals surface area contributed by atoms with Crippen LogP contribution in [0.4, 0.5) is 4.39 Å². The van der Waals surface area contributed by atoms with Gasteiger partial charge in [-0.3, -0.25) is 4.79 Å². The van der Waals surface area contributed by atoms with Crippen molar-refractivity contribution in [2.24, 2.45) is 7.05 Å². The Kier molecular flexibility index (Phi) is 4.89. The first-order valence-electron chi connectivity index (χ1n) is 8.98. The molecule has 0 aliphatic carbocycles. The molecule has 2 aromatic heterocycles. The second kappa shape index (κ2) is 7.64. The number of aromatic nitrogens is 3. The van der Waals surface area contributed by atoms with Gasteiger partial charge in [0, 0.05) is 19.9 Å². The number of nitrogens with one attached hydrogen (secondary N) is 1. The third kappa shape index (κ3) is 3.64. The predicted molar refractivity (Wildman–Crippen MR) is 103 cm³/mol. The Morgan fingerprint density at radius 1 is 1.18 bits per heavy atom. The molecule has 0 aliphatic rings. The number of benzene rings is 2. The summed E-state index contributed by atoms with van der Waals surface area (Å²) < 4.78 is 21.3. The number of imidazole rings is 1. The number of para-hydroxylation sites is 2. The highest BCUT2D eigenvalue weighted by Crippen LogP contribution is 2.23. The monoisotopic (exact) mass is 378 g/mol. The van der Waals surface area contributed by atoms with Crippen molar-refractivity contribution in [2.75, 3.05) is 0 Å². The normalized spacial score (nSPS) is 11.1. The molecule has 1 N–H and O–H groups in total. The second-order valence-corrected chi connectivity index (χ2v) is 6.45. The number of hydrogen-bond acceptors (Lipinski definition) is 4. The number of amides is 1. The largest absolute Gasteiger partial charge is 0.441 e. The SMILES string of the molecule is Cn1c(CNC(=O)CCc2ncc(-c3ccccc3F)o2)nc2ccccc21. The number of halogens is 1. The lowest BCUT2D eigenvalue weighted by molar-refractivity contribution is -0.121. The number of fused-ring (bicyclic) bond motifs is 1. The van der Waals surface area contributed by atoms with Crippen molar-refractivity contribution in [1.29, 1.82) is 0 Å². The fourth-order valence-corrected chi connectivity index (χ4v) is 3.05. The predicted octanol–water partition coefficient (Wildman–Crippen LogP) is 3.62. The van der Waals surface area contributed by atoms with E-state index in [1.54, 1.807) is 18.2 Å². The van der Waals surface area contributed by atoms with E-state index in [0.717, 1.165) is 16.9 Å². The minimum Gasteiger partial charge on any atom is -0.441 e. The van der Waals surface area contributed by atoms with Gasteiger partial charge in [-0.05, 0) is 24.3 Å². The molecule has 0 aliphatic heterocycles. The summed E-state index contributed by atoms with van der Waals surface area (Å²) in [4.78, 5) is 20.8. The molecule has 4 rings (SSSR count). The van der Waals surface area contributed by atoms with Crippen LogP contribution in [0.2, 0.25) is 0 Å². The van der Waals surface area contributed by atoms with Crippen LogP contribution in [0.25, 0.3) is 22.4 Å². The summed E-state index contributed by atoms with van der Waals surface area (Å²) in [6.07, 6.45) is 2.04. The minimum atomic E-state index is -0.370. The van der Waals surface area contributed by atoms with Gasteiger partial charge in [-0.2, -0.15) is 0 Å². The molecule has 6 nitrogen and oxygen atoms in total. The quantitative estimate of drug-likeness (QED) is 0.556. The molecular formula is C21H19FN4O2. The molecule has 1 amide bonds. The summed E-state index contributed by atoms with van der Waals surface area (Å²) in [6.45, 7) is 0.343. The van der Waals surface area contributed by atoms with E-state index >= 15 is 0 Å². The average molecular weight is 378 g/mol. The van der Waals surface area contributed by atoms with Crippen LogP contribution in [-0.4, -0.2) is 20.4 Å². The molecule has 28 heavy (non-hydrogen) atoms. The number of aryl methyl sites for hydroxylation is 2. The minimum absolute atomic E-state index is 0.127. The lowest BCUT2D eigenvalue weighted by atomic mass is 10.2. The highest BCUT2D eigenvalue weighted by molar-refractivity contribution is 5.77. The van der Waals surface area contributed by atoms with Crippen LogP contribution in [0, 0.1) is 5.82 Å². The fraction of sp³-hybridized carbons (Fsp3) is 0.190. The van der Waals surface area contributed by atoms with Crippen molar-refractivity contribution in [3.05, 3.63) is 72.3 Å². The molecular weight excluding hydrogens is 359 g/mol. The zero-order valence-electron chi connectivity index (χ0n) is 15.4. The number of rotatable bonds is 6. The maximum Gasteiger partial charge on any atom is 0.220 e. The Morgan fingerprint density at radius 3 is 2.79 bits per heavy atom. The lowest BCUT2D eigenvalue weighted by Gasteiger charge is -2.05. The van der Waals surface area contributed by atoms with E-state index < -0.39 is 0 Å². The van der Waals surface area contributed by atoms with Crippen molar-refractivity contribution < 1.29 is 13.6 Å². The standard InChI is InChI=1S/C21H19FN4O2/c1-26-17-9-5-4-8-16(17)25-19(26)13-23-20(27)10-11-21-24-12-18(28-21)14-6-2-3-7-15(14)22/h2-9,12H,10-11,13H2,1H3,(H,23,27). The molecule has 0 spiro atoms. The van der Waals surface area contributed by atoms with Crippen LogP contribution in [0.1, 0.15) is 18.1 Å². The van der Waals surface area contributed by atoms with Gasteiger partial charge in [0.25, 0.3) is 0 Å². The van der Waals surface area contributed by atoms with Crippen LogP contribution in [0.5, 0.6) is 0 Å². The summed E-state index contributed by atoms with van der Waals surface area (Å²) in [7, 11) is 1.92. The van der Waals surface area contributed by atoms with E-state index in [-0.39, 0.29) is 18.1 Å². The van der Waals surface area contributed by atoms with Gasteiger partial charge in [-0.15, -0.1) is 0 Å². The van der Waals surface area contributed by atoms with Gasteiger partial charge in [-0.25, -0.2) is 14.4 Å². The number of nitrogens with zero attached hydrogens (tertiary/aromatic N) is 3. The molecule has 0 radical (unpaired) electrons. The van der Waals surface area contributed by atoms with Crippen LogP contribution < -0.4 is 5.32 Å². The van der Waals surface area contributed by atoms with E-state index in [1.807, 2.05) is 35.9 Å². The van der Waals surface area contributed by atoms with Gasteiger partial charge >= 0.3 is 0 Å². The number of oxazole rings is 1. The zero-order valence-corrected chi connectivity index (χ0v) is 15.4. The molecule has 142 valence electrons. The fourth-order valence-electron chi connectivity index (χ4n) is 3.05. The van der Waals surface area contributed by atoms with E-state index in [0.29, 0.717) is 30.2 Å². The van der Waals surface area contributed by atoms with Crippen LogP contribution in [-0.2, 0) is 24.8 Å². The smallest absolute Gasteiger partial charge is 0.220 e. The third-order valence-corrected chi connectivity index (χ3v) is 4.58. The summed E-state index contributed by atoms with van der Waals surface area (Å²) >= 11 is 0. The molecule has 2 aromatic carbocycles. The molecule has 0 saturated heterocycles. The number of carbonyl (C=O) groups excluding carboxylic acids is 1. The van der Waals surface area contributed by atoms with E-state index in [9.17, 15) is 9.18 Å². The van der Waals surface area contributed by atoms with Crippen LogP contribution in [0.15, 0.2) is 59.1 Å². The first kappa shape index (κ1) is 17.9. The van der Waals surface area contributed by atoms with Crippen molar-refractivity contribution in [1.82, 2.24) is 19.9 Å². The van der Waals surface area contributed by atoms with Gasteiger partial charge in [0.1, 0.15) is 11.6 Å². The molecule has 4 aromatic rings. The molecule has 0 bridgehead atoms. The number of carbonyl (C=O) groups is 1. The zero-order chi connectivity index (χ0) is 19.5. The van der Waals surface area contributed by atoms with Crippen molar-refractivity contribution >= 4 is 16.9 Å². The van der Waals surface area contributed by atoms with Gasteiger partial charge in [-0.1, -0.05) is 24.3 Å². The third-order valence-electron chi connectivity index (χ3n) is 4.58. The van der Waals surface area contributed by atoms with Crippen molar-refractivity contribution in [3.63, 3.8) is 0 Å². The maximum atomic E-state index is 13.8. The highest BCUT2D eigenvalue weighted by atomic mass is 19.1. The molecule has 2 heterocycles. The topological polar surface area (TPSA) is 73.0 Å². The van der Waals surface area contributed by atoms with Gasteiger partial charge in [0.05, 0.1) is 29.3 Å². The highest BCUT2D eigenvalue weighted by Gasteiger charge is 2.13. The Hall–Kier alpha value is -3.48. The van der Waals surface area contributed by atoms with Crippen LogP contribution >= 0.6 is 0 Å². The summed E-state index contributed by atoms with van der Waals surface area (Å²) in [6, 6.07) is 14.2. The molecule has 0 saturated carbocycles. The maximum absolute atomic E-state index is 13.8. The molecule has 7 heteroatoms. The Bertz CT molecular complexity index is 1130. The Labute approximate surface area is 161 Å². The number of hydrogen-bond donors (Lipinski definition) is 1. The van der Waals surface area contributed by atoms with Gasteiger partial charge < -0.3 is 14.3 Å². The molecule has 0 unspecified atom stereocenters. The first-order valence-corrected chi connectivity index (χ1v) is 8.98. The Morgan fingerprint density at radius 2 is 1.96 bits per heavy atom. The first-order chi connectivity index (χ1) is 13.6. The summed E-state index contributed by atoms with van der Waals surface area (Å²) in [5.74, 6) is 1.04. The average Bonchev–Trinajstić information content (AvgIpc) is 3.30. The van der Waals surface area contributed by atoms with E-state index in [2.05, 4.69) is 15.3 Å². The molecule has 0 fully saturated rings. The molecule has 0 atom stereocenters. The van der Waals surface area contributed by atoms with Crippen molar-refractivity contribution in [3.8, 4) is 11.3 Å². The van der Waals surface area contributed by atoms with Crippen molar-refractivity contribution in [2.45, 2.75) is 19.4 Å². The Balaban J connectivity index is 1.33. The van der Waals surface area contributed by atoms with E-state index in [1.165, 1.54) is 12.3 Å². The summed E-state index contributed by atoms with van der Waals surface area (Å²) in [5.41, 5.74) is 2.27. The lowest BCUT2D eigenvalue weighted by Crippen LogP contribution is -2.24. The van der Waals surface area contributed by atoms with Gasteiger partial charge in [0.15, 0.2) is 11.7 Å². The van der Waals surface area contributed by atoms with Crippen LogP contribution in [0.3, 0.4) is 0 Å². The second-order valence-electron chi connectivity index (χ2n) is 6.45.